The van der Waals surface area contributed by atoms with E-state index in [-0.39, 0.29) is 32.2 Å². The van der Waals surface area contributed by atoms with Gasteiger partial charge in [-0.1, -0.05) is 15.9 Å². The predicted molar refractivity (Wildman–Crippen MR) is 92.1 cm³/mol. The summed E-state index contributed by atoms with van der Waals surface area (Å²) in [4.78, 5) is 26.1. The maximum Gasteiger partial charge on any atom is 0.430 e. The first kappa shape index (κ1) is 22.0. The average Bonchev–Trinajstić information content (AvgIpc) is 2.58. The number of hydrogen-bond acceptors (Lipinski definition) is 7. The lowest BCUT2D eigenvalue weighted by atomic mass is 9.99. The SMILES string of the molecule is Cc1cc(Br)cc2c1OC(C(F)(F)F)C(C(=O)OCCOCCO[N+](=O)[O-])=C2. The summed E-state index contributed by atoms with van der Waals surface area (Å²) in [7, 11) is 0. The van der Waals surface area contributed by atoms with E-state index in [0.29, 0.717) is 15.6 Å². The summed E-state index contributed by atoms with van der Waals surface area (Å²) in [5.41, 5.74) is 0.106. The third kappa shape index (κ3) is 5.83. The molecule has 28 heavy (non-hydrogen) atoms. The first-order valence-electron chi connectivity index (χ1n) is 7.87. The van der Waals surface area contributed by atoms with Gasteiger partial charge in [0.2, 0.25) is 6.10 Å². The number of carbonyl (C=O) groups excluding carboxylic acids is 1. The average molecular weight is 470 g/mol. The van der Waals surface area contributed by atoms with Crippen molar-refractivity contribution in [1.29, 1.82) is 0 Å². The maximum absolute atomic E-state index is 13.4. The quantitative estimate of drug-likeness (QED) is 0.249. The second kappa shape index (κ2) is 9.24. The van der Waals surface area contributed by atoms with Gasteiger partial charge in [-0.3, -0.25) is 0 Å². The van der Waals surface area contributed by atoms with Crippen LogP contribution < -0.4 is 4.74 Å². The molecule has 0 saturated heterocycles. The van der Waals surface area contributed by atoms with Crippen LogP contribution in [0, 0.1) is 17.0 Å². The molecule has 0 aromatic heterocycles. The van der Waals surface area contributed by atoms with Gasteiger partial charge in [0.25, 0.3) is 5.09 Å². The summed E-state index contributed by atoms with van der Waals surface area (Å²) < 4.78 is 55.5. The van der Waals surface area contributed by atoms with E-state index in [4.69, 9.17) is 14.2 Å². The van der Waals surface area contributed by atoms with Gasteiger partial charge in [0, 0.05) is 10.0 Å². The van der Waals surface area contributed by atoms with Crippen LogP contribution in [0.25, 0.3) is 6.08 Å². The molecule has 1 heterocycles. The number of halogens is 4. The molecule has 0 amide bonds. The van der Waals surface area contributed by atoms with Gasteiger partial charge in [-0.05, 0) is 30.7 Å². The van der Waals surface area contributed by atoms with E-state index < -0.39 is 28.9 Å². The summed E-state index contributed by atoms with van der Waals surface area (Å²) >= 11 is 3.24. The molecule has 1 aromatic carbocycles. The van der Waals surface area contributed by atoms with Crippen molar-refractivity contribution in [2.45, 2.75) is 19.2 Å². The summed E-state index contributed by atoms with van der Waals surface area (Å²) in [6.07, 6.45) is -6.19. The number of benzene rings is 1. The van der Waals surface area contributed by atoms with Gasteiger partial charge in [-0.15, -0.1) is 10.1 Å². The molecule has 12 heteroatoms. The number of carbonyl (C=O) groups is 1. The van der Waals surface area contributed by atoms with Crippen LogP contribution in [-0.4, -0.2) is 49.8 Å². The summed E-state index contributed by atoms with van der Waals surface area (Å²) in [6.45, 7) is 0.619. The first-order valence-corrected chi connectivity index (χ1v) is 8.66. The first-order chi connectivity index (χ1) is 13.1. The lowest BCUT2D eigenvalue weighted by Crippen LogP contribution is -2.41. The largest absolute Gasteiger partial charge is 0.475 e. The molecule has 0 N–H and O–H groups in total. The van der Waals surface area contributed by atoms with E-state index in [1.165, 1.54) is 6.07 Å². The highest BCUT2D eigenvalue weighted by Crippen LogP contribution is 2.40. The van der Waals surface area contributed by atoms with Crippen LogP contribution in [-0.2, 0) is 19.1 Å². The fourth-order valence-electron chi connectivity index (χ4n) is 2.41. The molecule has 0 spiro atoms. The number of alkyl halides is 3. The van der Waals surface area contributed by atoms with Gasteiger partial charge in [0.1, 0.15) is 19.0 Å². The van der Waals surface area contributed by atoms with Crippen molar-refractivity contribution in [1.82, 2.24) is 0 Å². The van der Waals surface area contributed by atoms with Crippen LogP contribution in [0.4, 0.5) is 13.2 Å². The van der Waals surface area contributed by atoms with Crippen molar-refractivity contribution in [3.63, 3.8) is 0 Å². The number of rotatable bonds is 8. The van der Waals surface area contributed by atoms with Crippen LogP contribution in [0.5, 0.6) is 5.75 Å². The van der Waals surface area contributed by atoms with Crippen LogP contribution in [0.3, 0.4) is 0 Å². The Morgan fingerprint density at radius 3 is 2.61 bits per heavy atom. The van der Waals surface area contributed by atoms with E-state index in [0.717, 1.165) is 6.08 Å². The standard InChI is InChI=1S/C16H15BrF3NO7/c1-9-6-11(17)7-10-8-12(14(16(18,19)20)28-13(9)10)15(22)26-4-2-25-3-5-27-21(23)24/h6-8,14H,2-5H2,1H3. The van der Waals surface area contributed by atoms with Crippen LogP contribution in [0.15, 0.2) is 22.2 Å². The van der Waals surface area contributed by atoms with Crippen molar-refractivity contribution < 1.29 is 42.1 Å². The Balaban J connectivity index is 2.04. The lowest BCUT2D eigenvalue weighted by Gasteiger charge is -2.29. The fraction of sp³-hybridized carbons (Fsp3) is 0.438. The highest BCUT2D eigenvalue weighted by atomic mass is 79.9. The summed E-state index contributed by atoms with van der Waals surface area (Å²) in [5, 5.41) is 8.95. The molecule has 0 aliphatic carbocycles. The number of esters is 1. The Hall–Kier alpha value is -2.34. The van der Waals surface area contributed by atoms with Gasteiger partial charge >= 0.3 is 12.1 Å². The molecule has 8 nitrogen and oxygen atoms in total. The zero-order valence-electron chi connectivity index (χ0n) is 14.5. The Morgan fingerprint density at radius 2 is 1.96 bits per heavy atom. The van der Waals surface area contributed by atoms with Gasteiger partial charge in [0.15, 0.2) is 0 Å². The Kier molecular flexibility index (Phi) is 7.24. The van der Waals surface area contributed by atoms with Crippen LogP contribution >= 0.6 is 15.9 Å². The number of ether oxygens (including phenoxy) is 3. The molecule has 0 saturated carbocycles. The van der Waals surface area contributed by atoms with Gasteiger partial charge in [0.05, 0.1) is 18.8 Å². The van der Waals surface area contributed by atoms with Crippen molar-refractivity contribution in [3.8, 4) is 5.75 Å². The Morgan fingerprint density at radius 1 is 1.29 bits per heavy atom. The highest BCUT2D eigenvalue weighted by Gasteiger charge is 2.49. The molecule has 1 aromatic rings. The molecule has 0 radical (unpaired) electrons. The molecule has 1 aliphatic heterocycles. The van der Waals surface area contributed by atoms with Crippen molar-refractivity contribution in [3.05, 3.63) is 43.4 Å². The second-order valence-electron chi connectivity index (χ2n) is 5.59. The Bertz CT molecular complexity index is 782. The van der Waals surface area contributed by atoms with Crippen molar-refractivity contribution in [2.75, 3.05) is 26.4 Å². The highest BCUT2D eigenvalue weighted by molar-refractivity contribution is 9.10. The molecule has 0 fully saturated rings. The van der Waals surface area contributed by atoms with Gasteiger partial charge < -0.3 is 19.0 Å². The zero-order valence-corrected chi connectivity index (χ0v) is 16.0. The lowest BCUT2D eigenvalue weighted by molar-refractivity contribution is -0.758. The van der Waals surface area contributed by atoms with E-state index in [2.05, 4.69) is 20.8 Å². The number of hydrogen-bond donors (Lipinski definition) is 0. The van der Waals surface area contributed by atoms with E-state index in [1.807, 2.05) is 0 Å². The minimum atomic E-state index is -4.82. The second-order valence-corrected chi connectivity index (χ2v) is 6.50. The topological polar surface area (TPSA) is 97.1 Å². The molecular weight excluding hydrogens is 455 g/mol. The molecule has 1 aliphatic rings. The zero-order chi connectivity index (χ0) is 20.9. The van der Waals surface area contributed by atoms with E-state index >= 15 is 0 Å². The third-order valence-electron chi connectivity index (χ3n) is 3.52. The normalized spacial score (nSPS) is 15.9. The fourth-order valence-corrected chi connectivity index (χ4v) is 3.00. The van der Waals surface area contributed by atoms with Gasteiger partial charge in [-0.25, -0.2) is 4.79 Å². The minimum absolute atomic E-state index is 0.0381. The summed E-state index contributed by atoms with van der Waals surface area (Å²) in [5.74, 6) is -1.16. The summed E-state index contributed by atoms with van der Waals surface area (Å²) in [6, 6.07) is 3.13. The smallest absolute Gasteiger partial charge is 0.430 e. The monoisotopic (exact) mass is 469 g/mol. The Labute approximate surface area is 165 Å². The molecule has 2 rings (SSSR count). The molecule has 1 unspecified atom stereocenters. The van der Waals surface area contributed by atoms with Crippen LogP contribution in [0.1, 0.15) is 11.1 Å². The molecule has 0 bridgehead atoms. The number of fused-ring (bicyclic) bond motifs is 1. The van der Waals surface area contributed by atoms with Crippen molar-refractivity contribution in [2.24, 2.45) is 0 Å². The van der Waals surface area contributed by atoms with E-state index in [9.17, 15) is 28.1 Å². The molecule has 1 atom stereocenters. The van der Waals surface area contributed by atoms with Gasteiger partial charge in [-0.2, -0.15) is 13.2 Å². The minimum Gasteiger partial charge on any atom is -0.475 e. The van der Waals surface area contributed by atoms with Crippen molar-refractivity contribution >= 4 is 28.0 Å². The number of aryl methyl sites for hydroxylation is 1. The maximum atomic E-state index is 13.4. The van der Waals surface area contributed by atoms with Crippen LogP contribution in [0.2, 0.25) is 0 Å². The molecule has 154 valence electrons. The van der Waals surface area contributed by atoms with E-state index in [1.54, 1.807) is 13.0 Å². The third-order valence-corrected chi connectivity index (χ3v) is 3.97. The number of nitrogens with zero attached hydrogens (tertiary/aromatic N) is 1. The molecular formula is C16H15BrF3NO7. The predicted octanol–water partition coefficient (Wildman–Crippen LogP) is 3.23.